The molecular formula is C27H45N3O5. The molecule has 1 N–H and O–H groups in total. The number of ether oxygens (including phenoxy) is 3. The number of hydrogen-bond acceptors (Lipinski definition) is 6. The molecule has 2 amide bonds. The van der Waals surface area contributed by atoms with Gasteiger partial charge in [-0.1, -0.05) is 0 Å². The fourth-order valence-corrected chi connectivity index (χ4v) is 4.75. The highest BCUT2D eigenvalue weighted by Crippen LogP contribution is 2.30. The van der Waals surface area contributed by atoms with E-state index in [0.29, 0.717) is 43.2 Å². The third-order valence-electron chi connectivity index (χ3n) is 6.54. The zero-order valence-electron chi connectivity index (χ0n) is 22.6. The molecule has 0 aliphatic carbocycles. The third kappa shape index (κ3) is 8.10. The van der Waals surface area contributed by atoms with Crippen LogP contribution >= 0.6 is 0 Å². The Hall–Kier alpha value is -2.32. The first kappa shape index (κ1) is 28.9. The molecule has 2 rings (SSSR count). The topological polar surface area (TPSA) is 80.3 Å². The molecule has 2 atom stereocenters. The number of carbonyl (C=O) groups is 2. The number of hydrogen-bond donors (Lipinski definition) is 1. The zero-order chi connectivity index (χ0) is 26.0. The number of benzene rings is 1. The maximum absolute atomic E-state index is 13.6. The molecule has 0 aromatic heterocycles. The van der Waals surface area contributed by atoms with Gasteiger partial charge in [-0.05, 0) is 65.7 Å². The quantitative estimate of drug-likeness (QED) is 0.424. The smallest absolute Gasteiger partial charge is 0.254 e. The van der Waals surface area contributed by atoms with E-state index in [4.69, 9.17) is 14.2 Å². The van der Waals surface area contributed by atoms with Gasteiger partial charge in [0.2, 0.25) is 5.91 Å². The number of carbonyl (C=O) groups excluding carboxylic acids is 2. The van der Waals surface area contributed by atoms with Gasteiger partial charge in [-0.3, -0.25) is 9.59 Å². The summed E-state index contributed by atoms with van der Waals surface area (Å²) >= 11 is 0. The van der Waals surface area contributed by atoms with Gasteiger partial charge < -0.3 is 29.3 Å². The van der Waals surface area contributed by atoms with Crippen molar-refractivity contribution in [1.29, 1.82) is 0 Å². The number of rotatable bonds is 13. The maximum Gasteiger partial charge on any atom is 0.254 e. The molecule has 1 aliphatic heterocycles. The summed E-state index contributed by atoms with van der Waals surface area (Å²) in [5, 5.41) is 3.53. The van der Waals surface area contributed by atoms with Crippen LogP contribution in [0.5, 0.6) is 11.5 Å². The number of nitrogens with one attached hydrogen (secondary N) is 1. The van der Waals surface area contributed by atoms with E-state index >= 15 is 0 Å². The van der Waals surface area contributed by atoms with Crippen LogP contribution in [0.25, 0.3) is 0 Å². The van der Waals surface area contributed by atoms with Gasteiger partial charge in [-0.25, -0.2) is 0 Å². The molecule has 0 radical (unpaired) electrons. The molecular weight excluding hydrogens is 446 g/mol. The highest BCUT2D eigenvalue weighted by Gasteiger charge is 2.32. The largest absolute Gasteiger partial charge is 0.493 e. The average molecular weight is 492 g/mol. The van der Waals surface area contributed by atoms with Gasteiger partial charge in [0.05, 0.1) is 13.7 Å². The van der Waals surface area contributed by atoms with Gasteiger partial charge in [-0.15, -0.1) is 0 Å². The number of amides is 2. The molecule has 8 heteroatoms. The van der Waals surface area contributed by atoms with Crippen molar-refractivity contribution in [2.75, 3.05) is 40.5 Å². The number of piperidine rings is 1. The fourth-order valence-electron chi connectivity index (χ4n) is 4.75. The molecule has 0 unspecified atom stereocenters. The Morgan fingerprint density at radius 2 is 1.80 bits per heavy atom. The standard InChI is InChI=1S/C27H45N3O5/c1-8-29(19(2)3)26(31)17-22-11-12-23(18-28-22)30(20(4)5)27(32)21-10-13-24(34-7)25(16-21)35-15-9-14-33-6/h10,13,16,19-20,22-23,28H,8-9,11-12,14-15,17-18H2,1-7H3/t22-,23-/m1/s1. The van der Waals surface area contributed by atoms with E-state index in [0.717, 1.165) is 25.8 Å². The molecule has 1 aliphatic rings. The number of nitrogens with zero attached hydrogens (tertiary/aromatic N) is 2. The van der Waals surface area contributed by atoms with Crippen LogP contribution in [-0.4, -0.2) is 86.3 Å². The lowest BCUT2D eigenvalue weighted by molar-refractivity contribution is -0.133. The van der Waals surface area contributed by atoms with Crippen LogP contribution in [0, 0.1) is 0 Å². The van der Waals surface area contributed by atoms with Crippen LogP contribution in [0.4, 0.5) is 0 Å². The van der Waals surface area contributed by atoms with Crippen molar-refractivity contribution in [2.45, 2.75) is 84.5 Å². The van der Waals surface area contributed by atoms with E-state index in [1.165, 1.54) is 0 Å². The first-order chi connectivity index (χ1) is 16.7. The average Bonchev–Trinajstić information content (AvgIpc) is 2.82. The summed E-state index contributed by atoms with van der Waals surface area (Å²) in [4.78, 5) is 30.2. The minimum absolute atomic E-state index is 0.0253. The van der Waals surface area contributed by atoms with Gasteiger partial charge >= 0.3 is 0 Å². The van der Waals surface area contributed by atoms with Gasteiger partial charge in [-0.2, -0.15) is 0 Å². The first-order valence-electron chi connectivity index (χ1n) is 12.9. The molecule has 0 saturated carbocycles. The molecule has 1 fully saturated rings. The van der Waals surface area contributed by atoms with Gasteiger partial charge in [0.25, 0.3) is 5.91 Å². The highest BCUT2D eigenvalue weighted by atomic mass is 16.5. The Kier molecular flexibility index (Phi) is 11.8. The summed E-state index contributed by atoms with van der Waals surface area (Å²) < 4.78 is 16.4. The summed E-state index contributed by atoms with van der Waals surface area (Å²) in [6, 6.07) is 5.80. The fraction of sp³-hybridized carbons (Fsp3) is 0.704. The Morgan fingerprint density at radius 1 is 1.06 bits per heavy atom. The van der Waals surface area contributed by atoms with Gasteiger partial charge in [0, 0.05) is 69.4 Å². The SMILES string of the molecule is CCN(C(=O)C[C@H]1CC[C@@H](N(C(=O)c2ccc(OC)c(OCCCOC)c2)C(C)C)CN1)C(C)C. The molecule has 198 valence electrons. The van der Waals surface area contributed by atoms with Crippen LogP contribution in [-0.2, 0) is 9.53 Å². The van der Waals surface area contributed by atoms with Crippen molar-refractivity contribution in [2.24, 2.45) is 0 Å². The lowest BCUT2D eigenvalue weighted by atomic mass is 9.95. The molecule has 1 heterocycles. The molecule has 0 spiro atoms. The van der Waals surface area contributed by atoms with Crippen molar-refractivity contribution in [3.63, 3.8) is 0 Å². The van der Waals surface area contributed by atoms with Crippen LogP contribution in [0.3, 0.4) is 0 Å². The molecule has 35 heavy (non-hydrogen) atoms. The van der Waals surface area contributed by atoms with Crippen LogP contribution in [0.15, 0.2) is 18.2 Å². The second kappa shape index (κ2) is 14.3. The molecule has 0 bridgehead atoms. The molecule has 1 aromatic carbocycles. The normalized spacial score (nSPS) is 18.0. The van der Waals surface area contributed by atoms with Crippen LogP contribution in [0.2, 0.25) is 0 Å². The molecule has 8 nitrogen and oxygen atoms in total. The minimum atomic E-state index is -0.0253. The van der Waals surface area contributed by atoms with Crippen molar-refractivity contribution in [3.8, 4) is 11.5 Å². The lowest BCUT2D eigenvalue weighted by Gasteiger charge is -2.40. The summed E-state index contributed by atoms with van der Waals surface area (Å²) in [7, 11) is 3.25. The zero-order valence-corrected chi connectivity index (χ0v) is 22.6. The second-order valence-electron chi connectivity index (χ2n) is 9.68. The van der Waals surface area contributed by atoms with E-state index in [9.17, 15) is 9.59 Å². The van der Waals surface area contributed by atoms with Gasteiger partial charge in [0.1, 0.15) is 0 Å². The lowest BCUT2D eigenvalue weighted by Crippen LogP contribution is -2.54. The van der Waals surface area contributed by atoms with Crippen LogP contribution in [0.1, 0.15) is 70.7 Å². The van der Waals surface area contributed by atoms with E-state index in [1.807, 2.05) is 44.4 Å². The van der Waals surface area contributed by atoms with Crippen LogP contribution < -0.4 is 14.8 Å². The Balaban J connectivity index is 2.06. The number of methoxy groups -OCH3 is 2. The molecule has 1 saturated heterocycles. The third-order valence-corrected chi connectivity index (χ3v) is 6.54. The van der Waals surface area contributed by atoms with E-state index < -0.39 is 0 Å². The van der Waals surface area contributed by atoms with E-state index in [-0.39, 0.29) is 36.0 Å². The monoisotopic (exact) mass is 491 g/mol. The highest BCUT2D eigenvalue weighted by molar-refractivity contribution is 5.95. The van der Waals surface area contributed by atoms with E-state index in [2.05, 4.69) is 5.32 Å². The summed E-state index contributed by atoms with van der Waals surface area (Å²) in [6.07, 6.45) is 2.97. The predicted octanol–water partition coefficient (Wildman–Crippen LogP) is 3.73. The predicted molar refractivity (Wildman–Crippen MR) is 138 cm³/mol. The van der Waals surface area contributed by atoms with Crippen molar-refractivity contribution in [3.05, 3.63) is 23.8 Å². The van der Waals surface area contributed by atoms with Crippen molar-refractivity contribution in [1.82, 2.24) is 15.1 Å². The molecule has 1 aromatic rings. The maximum atomic E-state index is 13.6. The van der Waals surface area contributed by atoms with Gasteiger partial charge in [0.15, 0.2) is 11.5 Å². The first-order valence-corrected chi connectivity index (χ1v) is 12.9. The van der Waals surface area contributed by atoms with Crippen molar-refractivity contribution < 1.29 is 23.8 Å². The van der Waals surface area contributed by atoms with Crippen molar-refractivity contribution >= 4 is 11.8 Å². The Bertz CT molecular complexity index is 806. The summed E-state index contributed by atoms with van der Waals surface area (Å²) in [6.45, 7) is 12.7. The Morgan fingerprint density at radius 3 is 2.34 bits per heavy atom. The summed E-state index contributed by atoms with van der Waals surface area (Å²) in [5.41, 5.74) is 0.578. The Labute approximate surface area is 211 Å². The van der Waals surface area contributed by atoms with E-state index in [1.54, 1.807) is 32.4 Å². The minimum Gasteiger partial charge on any atom is -0.493 e. The summed E-state index contributed by atoms with van der Waals surface area (Å²) in [5.74, 6) is 1.32. The second-order valence-corrected chi connectivity index (χ2v) is 9.68.